The lowest BCUT2D eigenvalue weighted by atomic mass is 10.3. The average Bonchev–Trinajstić information content (AvgIpc) is 3.10. The van der Waals surface area contributed by atoms with Gasteiger partial charge >= 0.3 is 0 Å². The quantitative estimate of drug-likeness (QED) is 0.463. The zero-order chi connectivity index (χ0) is 18.4. The monoisotopic (exact) mass is 431 g/mol. The minimum absolute atomic E-state index is 0.172. The Morgan fingerprint density at radius 3 is 2.69 bits per heavy atom. The van der Waals surface area contributed by atoms with Crippen molar-refractivity contribution in [3.8, 4) is 11.4 Å². The summed E-state index contributed by atoms with van der Waals surface area (Å²) in [4.78, 5) is 11.8. The van der Waals surface area contributed by atoms with Gasteiger partial charge in [-0.15, -0.1) is 0 Å². The first kappa shape index (κ1) is 18.2. The van der Waals surface area contributed by atoms with Gasteiger partial charge in [-0.2, -0.15) is 5.10 Å². The molecule has 3 aromatic rings. The van der Waals surface area contributed by atoms with Crippen molar-refractivity contribution < 1.29 is 9.53 Å². The SMILES string of the molecule is O=C(COc1ccccc1Cl)N/N=C/c1cccn1-c1ccc(Br)cc1. The number of nitrogens with zero attached hydrogens (tertiary/aromatic N) is 2. The summed E-state index contributed by atoms with van der Waals surface area (Å²) in [7, 11) is 0. The number of aromatic nitrogens is 1. The molecule has 0 saturated heterocycles. The molecular weight excluding hydrogens is 418 g/mol. The van der Waals surface area contributed by atoms with Crippen LogP contribution in [-0.2, 0) is 4.79 Å². The van der Waals surface area contributed by atoms with Crippen LogP contribution in [0.15, 0.2) is 76.4 Å². The molecule has 0 unspecified atom stereocenters. The van der Waals surface area contributed by atoms with Crippen LogP contribution in [0.4, 0.5) is 0 Å². The highest BCUT2D eigenvalue weighted by Crippen LogP contribution is 2.22. The highest BCUT2D eigenvalue weighted by Gasteiger charge is 2.05. The van der Waals surface area contributed by atoms with Crippen LogP contribution in [-0.4, -0.2) is 23.3 Å². The highest BCUT2D eigenvalue weighted by atomic mass is 79.9. The van der Waals surface area contributed by atoms with Gasteiger partial charge in [0.15, 0.2) is 6.61 Å². The summed E-state index contributed by atoms with van der Waals surface area (Å²) in [5, 5.41) is 4.44. The molecular formula is C19H15BrClN3O2. The number of carbonyl (C=O) groups is 1. The van der Waals surface area contributed by atoms with Crippen LogP contribution in [0, 0.1) is 0 Å². The predicted molar refractivity (Wildman–Crippen MR) is 106 cm³/mol. The number of nitrogens with one attached hydrogen (secondary N) is 1. The number of hydrogen-bond acceptors (Lipinski definition) is 3. The summed E-state index contributed by atoms with van der Waals surface area (Å²) in [6.07, 6.45) is 3.50. The van der Waals surface area contributed by atoms with Gasteiger partial charge in [-0.3, -0.25) is 4.79 Å². The maximum Gasteiger partial charge on any atom is 0.277 e. The van der Waals surface area contributed by atoms with Gasteiger partial charge in [0, 0.05) is 16.4 Å². The Morgan fingerprint density at radius 1 is 1.15 bits per heavy atom. The fourth-order valence-corrected chi connectivity index (χ4v) is 2.70. The molecule has 132 valence electrons. The molecule has 0 fully saturated rings. The molecule has 0 radical (unpaired) electrons. The normalized spacial score (nSPS) is 10.8. The topological polar surface area (TPSA) is 55.6 Å². The van der Waals surface area contributed by atoms with Crippen molar-refractivity contribution in [1.82, 2.24) is 9.99 Å². The molecule has 2 aromatic carbocycles. The molecule has 0 aliphatic carbocycles. The van der Waals surface area contributed by atoms with Crippen LogP contribution < -0.4 is 10.2 Å². The number of benzene rings is 2. The molecule has 0 aliphatic rings. The Bertz CT molecular complexity index is 923. The van der Waals surface area contributed by atoms with Gasteiger partial charge in [0.1, 0.15) is 5.75 Å². The third-order valence-electron chi connectivity index (χ3n) is 3.47. The van der Waals surface area contributed by atoms with Crippen LogP contribution in [0.1, 0.15) is 5.69 Å². The zero-order valence-electron chi connectivity index (χ0n) is 13.6. The van der Waals surface area contributed by atoms with Crippen molar-refractivity contribution in [3.05, 3.63) is 82.0 Å². The number of carbonyl (C=O) groups excluding carboxylic acids is 1. The van der Waals surface area contributed by atoms with E-state index in [1.165, 1.54) is 0 Å². The zero-order valence-corrected chi connectivity index (χ0v) is 15.9. The van der Waals surface area contributed by atoms with Crippen LogP contribution in [0.5, 0.6) is 5.75 Å². The van der Waals surface area contributed by atoms with Gasteiger partial charge in [-0.25, -0.2) is 5.43 Å². The molecule has 5 nitrogen and oxygen atoms in total. The summed E-state index contributed by atoms with van der Waals surface area (Å²) in [6.45, 7) is -0.172. The molecule has 0 spiro atoms. The third-order valence-corrected chi connectivity index (χ3v) is 4.31. The Kier molecular flexibility index (Phi) is 6.09. The third kappa shape index (κ3) is 4.74. The summed E-state index contributed by atoms with van der Waals surface area (Å²) in [5.41, 5.74) is 4.27. The van der Waals surface area contributed by atoms with Gasteiger partial charge in [-0.05, 0) is 48.5 Å². The molecule has 26 heavy (non-hydrogen) atoms. The Balaban J connectivity index is 1.57. The smallest absolute Gasteiger partial charge is 0.277 e. The lowest BCUT2D eigenvalue weighted by Crippen LogP contribution is -2.24. The van der Waals surface area contributed by atoms with E-state index in [4.69, 9.17) is 16.3 Å². The van der Waals surface area contributed by atoms with Gasteiger partial charge < -0.3 is 9.30 Å². The second-order valence-corrected chi connectivity index (χ2v) is 6.61. The number of ether oxygens (including phenoxy) is 1. The number of hydrazone groups is 1. The summed E-state index contributed by atoms with van der Waals surface area (Å²) >= 11 is 9.39. The van der Waals surface area contributed by atoms with Gasteiger partial charge in [0.05, 0.1) is 16.9 Å². The summed E-state index contributed by atoms with van der Waals surface area (Å²) in [6, 6.07) is 18.7. The minimum Gasteiger partial charge on any atom is -0.482 e. The molecule has 7 heteroatoms. The standard InChI is InChI=1S/C19H15BrClN3O2/c20-14-7-9-15(10-8-14)24-11-3-4-16(24)12-22-23-19(25)13-26-18-6-2-1-5-17(18)21/h1-12H,13H2,(H,23,25)/b22-12+. The lowest BCUT2D eigenvalue weighted by molar-refractivity contribution is -0.123. The van der Waals surface area contributed by atoms with E-state index >= 15 is 0 Å². The Labute approximate surface area is 164 Å². The van der Waals surface area contributed by atoms with E-state index in [1.54, 1.807) is 30.5 Å². The van der Waals surface area contributed by atoms with E-state index in [9.17, 15) is 4.79 Å². The van der Waals surface area contributed by atoms with Crippen molar-refractivity contribution in [2.45, 2.75) is 0 Å². The molecule has 0 atom stereocenters. The maximum absolute atomic E-state index is 11.8. The van der Waals surface area contributed by atoms with Crippen LogP contribution in [0.25, 0.3) is 5.69 Å². The van der Waals surface area contributed by atoms with E-state index in [0.29, 0.717) is 10.8 Å². The second kappa shape index (κ2) is 8.69. The molecule has 1 heterocycles. The molecule has 1 amide bonds. The maximum atomic E-state index is 11.8. The number of para-hydroxylation sites is 1. The molecule has 0 aliphatic heterocycles. The van der Waals surface area contributed by atoms with E-state index in [2.05, 4.69) is 26.5 Å². The van der Waals surface area contributed by atoms with Gasteiger partial charge in [-0.1, -0.05) is 39.7 Å². The molecule has 3 rings (SSSR count). The summed E-state index contributed by atoms with van der Waals surface area (Å²) < 4.78 is 8.33. The number of halogens is 2. The highest BCUT2D eigenvalue weighted by molar-refractivity contribution is 9.10. The van der Waals surface area contributed by atoms with Crippen molar-refractivity contribution in [2.24, 2.45) is 5.10 Å². The van der Waals surface area contributed by atoms with Gasteiger partial charge in [0.25, 0.3) is 5.91 Å². The molecule has 1 aromatic heterocycles. The Hall–Kier alpha value is -2.57. The van der Waals surface area contributed by atoms with Crippen LogP contribution in [0.2, 0.25) is 5.02 Å². The number of hydrogen-bond donors (Lipinski definition) is 1. The van der Waals surface area contributed by atoms with E-state index < -0.39 is 0 Å². The lowest BCUT2D eigenvalue weighted by Gasteiger charge is -2.07. The minimum atomic E-state index is -0.372. The van der Waals surface area contributed by atoms with Crippen molar-refractivity contribution in [1.29, 1.82) is 0 Å². The fraction of sp³-hybridized carbons (Fsp3) is 0.0526. The van der Waals surface area contributed by atoms with Crippen LogP contribution >= 0.6 is 27.5 Å². The average molecular weight is 433 g/mol. The van der Waals surface area contributed by atoms with Crippen molar-refractivity contribution >= 4 is 39.7 Å². The Morgan fingerprint density at radius 2 is 1.92 bits per heavy atom. The van der Waals surface area contributed by atoms with Crippen LogP contribution in [0.3, 0.4) is 0 Å². The van der Waals surface area contributed by atoms with Crippen molar-refractivity contribution in [2.75, 3.05) is 6.61 Å². The first-order chi connectivity index (χ1) is 12.6. The van der Waals surface area contributed by atoms with Crippen molar-refractivity contribution in [3.63, 3.8) is 0 Å². The summed E-state index contributed by atoms with van der Waals surface area (Å²) in [5.74, 6) is 0.0836. The molecule has 0 saturated carbocycles. The molecule has 1 N–H and O–H groups in total. The second-order valence-electron chi connectivity index (χ2n) is 5.29. The van der Waals surface area contributed by atoms with E-state index in [0.717, 1.165) is 15.9 Å². The first-order valence-corrected chi connectivity index (χ1v) is 8.93. The number of amides is 1. The van der Waals surface area contributed by atoms with E-state index in [1.807, 2.05) is 47.2 Å². The fourth-order valence-electron chi connectivity index (χ4n) is 2.24. The molecule has 0 bridgehead atoms. The first-order valence-electron chi connectivity index (χ1n) is 7.76. The number of rotatable bonds is 6. The van der Waals surface area contributed by atoms with E-state index in [-0.39, 0.29) is 12.5 Å². The van der Waals surface area contributed by atoms with Gasteiger partial charge in [0.2, 0.25) is 0 Å². The predicted octanol–water partition coefficient (Wildman–Crippen LogP) is 4.42. The largest absolute Gasteiger partial charge is 0.482 e.